The summed E-state index contributed by atoms with van der Waals surface area (Å²) in [5, 5.41) is 145. The van der Waals surface area contributed by atoms with Crippen LogP contribution in [0.4, 0.5) is 0 Å². The van der Waals surface area contributed by atoms with Gasteiger partial charge in [0.25, 0.3) is 0 Å². The molecule has 0 aromatic carbocycles. The molecule has 2 fully saturated rings. The molecule has 0 aromatic heterocycles. The highest BCUT2D eigenvalue weighted by atomic mass is 16.7. The molecule has 0 bridgehead atoms. The fourth-order valence-corrected chi connectivity index (χ4v) is 5.39. The summed E-state index contributed by atoms with van der Waals surface area (Å²) in [6.07, 6.45) is -26.3. The molecule has 2 heterocycles. The van der Waals surface area contributed by atoms with E-state index in [1.165, 1.54) is 6.08 Å². The number of hydrogen-bond acceptors (Lipinski definition) is 19. The summed E-state index contributed by atoms with van der Waals surface area (Å²) in [7, 11) is 0. The van der Waals surface area contributed by atoms with E-state index in [1.54, 1.807) is 0 Å². The van der Waals surface area contributed by atoms with Gasteiger partial charge in [0.05, 0.1) is 44.6 Å². The van der Waals surface area contributed by atoms with Crippen LogP contribution in [0.1, 0.15) is 6.92 Å². The van der Waals surface area contributed by atoms with Crippen LogP contribution in [-0.2, 0) is 18.9 Å². The fourth-order valence-electron chi connectivity index (χ4n) is 5.39. The zero-order valence-electron chi connectivity index (χ0n) is 23.7. The Bertz CT molecular complexity index is 910. The van der Waals surface area contributed by atoms with E-state index in [0.29, 0.717) is 0 Å². The molecule has 0 spiro atoms. The minimum Gasteiger partial charge on any atom is -0.394 e. The second-order valence-corrected chi connectivity index (χ2v) is 11.1. The predicted molar refractivity (Wildman–Crippen MR) is 140 cm³/mol. The standard InChI is InChI=1S/C25H45NO18/c1-7(31)14(33)22(10(32)4-28)43-25-21(40)19(38)23(12(6-30)42-25)44-24-20(39)17(36)13(11(5-29)41-24)26-9-2-8(3-27)15(34)18(37)16(9)35/h2,7,9-40H,3-6H2,1H3/t7?,9?,10-,11-,12?,13?,14+,15-,16+,17+,18?,19?,20?,21-,22?,23?,24+,25-/m1/s1. The maximum absolute atomic E-state index is 10.9. The highest BCUT2D eigenvalue weighted by Crippen LogP contribution is 2.31. The second-order valence-electron chi connectivity index (χ2n) is 11.1. The van der Waals surface area contributed by atoms with E-state index >= 15 is 0 Å². The number of nitrogens with one attached hydrogen (secondary N) is 1. The summed E-state index contributed by atoms with van der Waals surface area (Å²) in [5.41, 5.74) is -0.0337. The topological polar surface area (TPSA) is 332 Å². The van der Waals surface area contributed by atoms with Gasteiger partial charge in [0, 0.05) is 0 Å². The van der Waals surface area contributed by atoms with Gasteiger partial charge < -0.3 is 95.8 Å². The first-order valence-corrected chi connectivity index (χ1v) is 14.0. The molecule has 3 aliphatic rings. The molecule has 18 atom stereocenters. The van der Waals surface area contributed by atoms with Gasteiger partial charge in [-0.15, -0.1) is 0 Å². The minimum atomic E-state index is -1.99. The van der Waals surface area contributed by atoms with Crippen molar-refractivity contribution in [2.24, 2.45) is 0 Å². The summed E-state index contributed by atoms with van der Waals surface area (Å²) < 4.78 is 22.0. The van der Waals surface area contributed by atoms with Gasteiger partial charge in [-0.05, 0) is 12.5 Å². The predicted octanol–water partition coefficient (Wildman–Crippen LogP) is -8.93. The fraction of sp³-hybridized carbons (Fsp3) is 0.920. The van der Waals surface area contributed by atoms with Crippen molar-refractivity contribution in [2.75, 3.05) is 26.4 Å². The molecule has 15 N–H and O–H groups in total. The molecule has 44 heavy (non-hydrogen) atoms. The zero-order valence-corrected chi connectivity index (χ0v) is 23.7. The molecule has 9 unspecified atom stereocenters. The highest BCUT2D eigenvalue weighted by molar-refractivity contribution is 5.22. The van der Waals surface area contributed by atoms with Crippen molar-refractivity contribution in [2.45, 2.75) is 117 Å². The van der Waals surface area contributed by atoms with Crippen molar-refractivity contribution < 1.29 is 90.4 Å². The van der Waals surface area contributed by atoms with E-state index in [1.807, 2.05) is 0 Å². The van der Waals surface area contributed by atoms with Crippen molar-refractivity contribution in [1.82, 2.24) is 5.32 Å². The summed E-state index contributed by atoms with van der Waals surface area (Å²) in [5.74, 6) is 0. The number of rotatable bonds is 13. The lowest BCUT2D eigenvalue weighted by atomic mass is 9.86. The van der Waals surface area contributed by atoms with Gasteiger partial charge in [0.2, 0.25) is 0 Å². The summed E-state index contributed by atoms with van der Waals surface area (Å²) in [4.78, 5) is 0. The summed E-state index contributed by atoms with van der Waals surface area (Å²) in [6, 6.07) is -2.51. The molecule has 258 valence electrons. The van der Waals surface area contributed by atoms with Gasteiger partial charge >= 0.3 is 0 Å². The van der Waals surface area contributed by atoms with E-state index in [2.05, 4.69) is 5.32 Å². The van der Waals surface area contributed by atoms with E-state index in [4.69, 9.17) is 18.9 Å². The monoisotopic (exact) mass is 647 g/mol. The first kappa shape index (κ1) is 37.4. The maximum atomic E-state index is 10.9. The average Bonchev–Trinajstić information content (AvgIpc) is 3.01. The third kappa shape index (κ3) is 7.91. The Hall–Kier alpha value is -1.02. The molecule has 19 heteroatoms. The van der Waals surface area contributed by atoms with Crippen LogP contribution in [0.25, 0.3) is 0 Å². The van der Waals surface area contributed by atoms with E-state index in [0.717, 1.165) is 6.92 Å². The van der Waals surface area contributed by atoms with Crippen molar-refractivity contribution in [3.8, 4) is 0 Å². The third-order valence-corrected chi connectivity index (χ3v) is 8.07. The lowest BCUT2D eigenvalue weighted by molar-refractivity contribution is -0.363. The SMILES string of the molecule is CC(O)[C@H](O)C(O[C@H]1OC(CO)C(O[C@@H]2O[C@H](CO)C(NC3C=C(CO)[C@@H](O)C(O)[C@H]3O)[C@H](O)C2O)C(O)[C@H]1O)[C@H](O)CO. The van der Waals surface area contributed by atoms with Crippen LogP contribution in [0, 0.1) is 0 Å². The van der Waals surface area contributed by atoms with Crippen molar-refractivity contribution in [3.05, 3.63) is 11.6 Å². The lowest BCUT2D eigenvalue weighted by Gasteiger charge is -2.48. The van der Waals surface area contributed by atoms with Crippen LogP contribution in [0.5, 0.6) is 0 Å². The first-order valence-electron chi connectivity index (χ1n) is 14.0. The summed E-state index contributed by atoms with van der Waals surface area (Å²) >= 11 is 0. The van der Waals surface area contributed by atoms with Gasteiger partial charge in [-0.25, -0.2) is 0 Å². The summed E-state index contributed by atoms with van der Waals surface area (Å²) in [6.45, 7) is -2.09. The molecular formula is C25H45NO18. The van der Waals surface area contributed by atoms with Gasteiger partial charge in [-0.2, -0.15) is 0 Å². The highest BCUT2D eigenvalue weighted by Gasteiger charge is 2.52. The number of hydrogen-bond donors (Lipinski definition) is 15. The quantitative estimate of drug-likeness (QED) is 0.0825. The molecule has 1 aliphatic carbocycles. The smallest absolute Gasteiger partial charge is 0.187 e. The largest absolute Gasteiger partial charge is 0.394 e. The van der Waals surface area contributed by atoms with Crippen LogP contribution in [0.15, 0.2) is 11.6 Å². The molecule has 3 rings (SSSR count). The molecule has 19 nitrogen and oxygen atoms in total. The van der Waals surface area contributed by atoms with E-state index in [9.17, 15) is 71.5 Å². The number of aliphatic hydroxyl groups excluding tert-OH is 14. The lowest BCUT2D eigenvalue weighted by Crippen LogP contribution is -2.69. The third-order valence-electron chi connectivity index (χ3n) is 8.07. The van der Waals surface area contributed by atoms with Gasteiger partial charge in [-0.1, -0.05) is 6.08 Å². The second kappa shape index (κ2) is 16.2. The van der Waals surface area contributed by atoms with Crippen LogP contribution in [0.3, 0.4) is 0 Å². The molecular weight excluding hydrogens is 602 g/mol. The Kier molecular flexibility index (Phi) is 13.8. The van der Waals surface area contributed by atoms with E-state index < -0.39 is 137 Å². The van der Waals surface area contributed by atoms with Crippen molar-refractivity contribution in [3.63, 3.8) is 0 Å². The normalized spacial score (nSPS) is 44.5. The van der Waals surface area contributed by atoms with Gasteiger partial charge in [-0.3, -0.25) is 0 Å². The molecule has 0 aromatic rings. The van der Waals surface area contributed by atoms with Crippen LogP contribution in [0.2, 0.25) is 0 Å². The van der Waals surface area contributed by atoms with Crippen molar-refractivity contribution >= 4 is 0 Å². The Morgan fingerprint density at radius 2 is 1.36 bits per heavy atom. The van der Waals surface area contributed by atoms with Gasteiger partial charge in [0.1, 0.15) is 79.4 Å². The first-order chi connectivity index (χ1) is 20.7. The van der Waals surface area contributed by atoms with Crippen LogP contribution >= 0.6 is 0 Å². The number of ether oxygens (including phenoxy) is 4. The average molecular weight is 648 g/mol. The van der Waals surface area contributed by atoms with Crippen LogP contribution < -0.4 is 5.32 Å². The minimum absolute atomic E-state index is 0.0337. The number of aliphatic hydroxyl groups is 14. The van der Waals surface area contributed by atoms with Crippen molar-refractivity contribution in [1.29, 1.82) is 0 Å². The van der Waals surface area contributed by atoms with E-state index in [-0.39, 0.29) is 5.57 Å². The molecule has 2 aliphatic heterocycles. The molecule has 0 saturated carbocycles. The molecule has 2 saturated heterocycles. The van der Waals surface area contributed by atoms with Crippen LogP contribution in [-0.4, -0.2) is 208 Å². The molecule has 0 amide bonds. The Labute approximate surface area is 251 Å². The maximum Gasteiger partial charge on any atom is 0.187 e. The Morgan fingerprint density at radius 3 is 1.91 bits per heavy atom. The Morgan fingerprint density at radius 1 is 0.773 bits per heavy atom. The molecule has 0 radical (unpaired) electrons. The zero-order chi connectivity index (χ0) is 33.0. The van der Waals surface area contributed by atoms with Gasteiger partial charge in [0.15, 0.2) is 12.6 Å². The Balaban J connectivity index is 1.74.